The van der Waals surface area contributed by atoms with Crippen LogP contribution in [0.25, 0.3) is 0 Å². The van der Waals surface area contributed by atoms with Gasteiger partial charge >= 0.3 is 6.36 Å². The predicted molar refractivity (Wildman–Crippen MR) is 71.4 cm³/mol. The second-order valence-electron chi connectivity index (χ2n) is 5.51. The Bertz CT molecular complexity index is 435. The lowest BCUT2D eigenvalue weighted by Crippen LogP contribution is -2.39. The molecular weight excluding hydrogens is 267 g/mol. The molecule has 0 heterocycles. The average Bonchev–Trinajstić information content (AvgIpc) is 2.31. The summed E-state index contributed by atoms with van der Waals surface area (Å²) in [6.45, 7) is 3.68. The molecule has 1 aromatic rings. The number of halogens is 3. The molecule has 1 aliphatic carbocycles. The molecule has 0 unspecified atom stereocenters. The first-order valence-electron chi connectivity index (χ1n) is 6.98. The van der Waals surface area contributed by atoms with Crippen molar-refractivity contribution >= 4 is 0 Å². The van der Waals surface area contributed by atoms with Gasteiger partial charge in [0.2, 0.25) is 0 Å². The van der Waals surface area contributed by atoms with E-state index in [1.54, 1.807) is 12.1 Å². The van der Waals surface area contributed by atoms with Crippen molar-refractivity contribution < 1.29 is 17.9 Å². The van der Waals surface area contributed by atoms with Gasteiger partial charge in [-0.1, -0.05) is 25.5 Å². The number of nitrogens with one attached hydrogen (secondary N) is 1. The zero-order valence-corrected chi connectivity index (χ0v) is 11.6. The summed E-state index contributed by atoms with van der Waals surface area (Å²) in [7, 11) is 0. The maximum absolute atomic E-state index is 12.1. The summed E-state index contributed by atoms with van der Waals surface area (Å²) in [6.07, 6.45) is 0.285. The molecule has 2 nitrogen and oxygen atoms in total. The van der Waals surface area contributed by atoms with Crippen molar-refractivity contribution in [3.8, 4) is 5.75 Å². The van der Waals surface area contributed by atoms with Gasteiger partial charge in [-0.05, 0) is 42.4 Å². The van der Waals surface area contributed by atoms with Gasteiger partial charge in [0, 0.05) is 13.1 Å². The minimum Gasteiger partial charge on any atom is -0.406 e. The van der Waals surface area contributed by atoms with E-state index in [1.807, 2.05) is 0 Å². The molecule has 1 saturated carbocycles. The minimum absolute atomic E-state index is 0.161. The molecule has 0 aliphatic heterocycles. The predicted octanol–water partition coefficient (Wildman–Crippen LogP) is 4.26. The van der Waals surface area contributed by atoms with Crippen LogP contribution in [0.5, 0.6) is 5.75 Å². The van der Waals surface area contributed by atoms with Crippen LogP contribution >= 0.6 is 0 Å². The van der Waals surface area contributed by atoms with Crippen LogP contribution in [0.15, 0.2) is 24.3 Å². The summed E-state index contributed by atoms with van der Waals surface area (Å²) in [5, 5.41) is 3.35. The topological polar surface area (TPSA) is 21.3 Å². The van der Waals surface area contributed by atoms with Crippen LogP contribution < -0.4 is 10.1 Å². The lowest BCUT2D eigenvalue weighted by Gasteiger charge is -2.41. The van der Waals surface area contributed by atoms with Gasteiger partial charge in [0.05, 0.1) is 0 Å². The molecule has 2 rings (SSSR count). The Hall–Kier alpha value is -1.23. The fourth-order valence-electron chi connectivity index (χ4n) is 2.66. The third-order valence-corrected chi connectivity index (χ3v) is 4.13. The van der Waals surface area contributed by atoms with Gasteiger partial charge in [-0.25, -0.2) is 0 Å². The Morgan fingerprint density at radius 3 is 2.60 bits per heavy atom. The van der Waals surface area contributed by atoms with Gasteiger partial charge < -0.3 is 10.1 Å². The molecule has 0 saturated heterocycles. The summed E-state index contributed by atoms with van der Waals surface area (Å²) in [6, 6.07) is 6.13. The van der Waals surface area contributed by atoms with Gasteiger partial charge in [-0.3, -0.25) is 0 Å². The quantitative estimate of drug-likeness (QED) is 0.844. The first-order valence-corrected chi connectivity index (χ1v) is 6.98. The Morgan fingerprint density at radius 1 is 1.30 bits per heavy atom. The Balaban J connectivity index is 1.85. The third kappa shape index (κ3) is 4.13. The first-order chi connectivity index (χ1) is 9.42. The minimum atomic E-state index is -4.63. The summed E-state index contributed by atoms with van der Waals surface area (Å²) in [5.41, 5.74) is 1.21. The number of ether oxygens (including phenoxy) is 1. The van der Waals surface area contributed by atoms with Gasteiger partial charge in [-0.2, -0.15) is 0 Å². The second-order valence-corrected chi connectivity index (χ2v) is 5.51. The third-order valence-electron chi connectivity index (χ3n) is 4.13. The summed E-state index contributed by atoms with van der Waals surface area (Å²) < 4.78 is 40.3. The molecule has 0 bridgehead atoms. The van der Waals surface area contributed by atoms with Crippen LogP contribution in [-0.4, -0.2) is 12.9 Å². The van der Waals surface area contributed by atoms with E-state index < -0.39 is 6.36 Å². The second kappa shape index (κ2) is 6.04. The summed E-state index contributed by atoms with van der Waals surface area (Å²) >= 11 is 0. The van der Waals surface area contributed by atoms with Crippen molar-refractivity contribution in [1.29, 1.82) is 0 Å². The van der Waals surface area contributed by atoms with Crippen molar-refractivity contribution in [3.05, 3.63) is 29.8 Å². The first kappa shape index (κ1) is 15.2. The van der Waals surface area contributed by atoms with Crippen LogP contribution in [-0.2, 0) is 6.54 Å². The fraction of sp³-hybridized carbons (Fsp3) is 0.600. The molecule has 0 aromatic heterocycles. The molecule has 0 amide bonds. The maximum Gasteiger partial charge on any atom is 0.573 e. The molecule has 1 aromatic carbocycles. The molecule has 1 N–H and O–H groups in total. The number of alkyl halides is 3. The van der Waals surface area contributed by atoms with Crippen molar-refractivity contribution in [1.82, 2.24) is 5.32 Å². The highest BCUT2D eigenvalue weighted by Gasteiger charge is 2.34. The zero-order valence-electron chi connectivity index (χ0n) is 11.6. The van der Waals surface area contributed by atoms with Crippen molar-refractivity contribution in [2.75, 3.05) is 6.54 Å². The van der Waals surface area contributed by atoms with E-state index >= 15 is 0 Å². The molecular formula is C15H20F3NO. The van der Waals surface area contributed by atoms with Crippen LogP contribution in [0.1, 0.15) is 38.2 Å². The Kier molecular flexibility index (Phi) is 4.58. The average molecular weight is 287 g/mol. The van der Waals surface area contributed by atoms with Crippen LogP contribution in [0.3, 0.4) is 0 Å². The van der Waals surface area contributed by atoms with E-state index in [0.717, 1.165) is 18.5 Å². The maximum atomic E-state index is 12.1. The van der Waals surface area contributed by atoms with Crippen LogP contribution in [0, 0.1) is 5.41 Å². The molecule has 0 radical (unpaired) electrons. The van der Waals surface area contributed by atoms with E-state index in [-0.39, 0.29) is 5.75 Å². The van der Waals surface area contributed by atoms with E-state index in [2.05, 4.69) is 17.0 Å². The zero-order chi connectivity index (χ0) is 14.6. The van der Waals surface area contributed by atoms with Crippen molar-refractivity contribution in [2.24, 2.45) is 5.41 Å². The normalized spacial score (nSPS) is 17.6. The van der Waals surface area contributed by atoms with Gasteiger partial charge in [0.15, 0.2) is 0 Å². The monoisotopic (exact) mass is 287 g/mol. The standard InChI is InChI=1S/C15H20F3NO/c1-2-14(7-4-8-14)11-19-10-12-5-3-6-13(9-12)20-15(16,17)18/h3,5-6,9,19H,2,4,7-8,10-11H2,1H3. The molecule has 5 heteroatoms. The van der Waals surface area contributed by atoms with Gasteiger partial charge in [0.25, 0.3) is 0 Å². The van der Waals surface area contributed by atoms with Gasteiger partial charge in [-0.15, -0.1) is 13.2 Å². The highest BCUT2D eigenvalue weighted by atomic mass is 19.4. The van der Waals surface area contributed by atoms with E-state index in [0.29, 0.717) is 12.0 Å². The van der Waals surface area contributed by atoms with Crippen molar-refractivity contribution in [3.63, 3.8) is 0 Å². The van der Waals surface area contributed by atoms with Gasteiger partial charge in [0.1, 0.15) is 5.75 Å². The van der Waals surface area contributed by atoms with Crippen molar-refractivity contribution in [2.45, 2.75) is 45.5 Å². The fourth-order valence-corrected chi connectivity index (χ4v) is 2.66. The lowest BCUT2D eigenvalue weighted by molar-refractivity contribution is -0.274. The molecule has 1 aliphatic rings. The molecule has 0 spiro atoms. The Labute approximate surface area is 117 Å². The van der Waals surface area contributed by atoms with Crippen LogP contribution in [0.2, 0.25) is 0 Å². The smallest absolute Gasteiger partial charge is 0.406 e. The molecule has 0 atom stereocenters. The SMILES string of the molecule is CCC1(CNCc2cccc(OC(F)(F)F)c2)CCC1. The number of hydrogen-bond donors (Lipinski definition) is 1. The summed E-state index contributed by atoms with van der Waals surface area (Å²) in [4.78, 5) is 0. The van der Waals surface area contributed by atoms with E-state index in [4.69, 9.17) is 0 Å². The lowest BCUT2D eigenvalue weighted by atomic mass is 9.67. The van der Waals surface area contributed by atoms with E-state index in [1.165, 1.54) is 31.4 Å². The summed E-state index contributed by atoms with van der Waals surface area (Å²) in [5.74, 6) is -0.161. The molecule has 20 heavy (non-hydrogen) atoms. The Morgan fingerprint density at radius 2 is 2.05 bits per heavy atom. The highest BCUT2D eigenvalue weighted by molar-refractivity contribution is 5.28. The van der Waals surface area contributed by atoms with Crippen LogP contribution in [0.4, 0.5) is 13.2 Å². The number of rotatable bonds is 6. The van der Waals surface area contributed by atoms with E-state index in [9.17, 15) is 13.2 Å². The number of benzene rings is 1. The highest BCUT2D eigenvalue weighted by Crippen LogP contribution is 2.43. The number of hydrogen-bond acceptors (Lipinski definition) is 2. The molecule has 1 fully saturated rings. The largest absolute Gasteiger partial charge is 0.573 e. The molecule has 112 valence electrons.